The number of carbonyl (C=O) groups is 2. The molecule has 102 valence electrons. The lowest BCUT2D eigenvalue weighted by Gasteiger charge is -2.14. The molecule has 1 aliphatic rings. The molecule has 1 aliphatic carbocycles. The Bertz CT molecular complexity index is 487. The molecule has 0 saturated heterocycles. The lowest BCUT2D eigenvalue weighted by molar-refractivity contribution is -0.138. The normalized spacial score (nSPS) is 18.7. The molecule has 5 heteroatoms. The molecule has 0 aliphatic heterocycles. The minimum atomic E-state index is -1.07. The number of fused-ring (bicyclic) bond motifs is 1. The average Bonchev–Trinajstić information content (AvgIpc) is 2.79. The summed E-state index contributed by atoms with van der Waals surface area (Å²) in [5.74, 6) is -1.21. The van der Waals surface area contributed by atoms with Crippen LogP contribution in [0.5, 0.6) is 0 Å². The van der Waals surface area contributed by atoms with Crippen LogP contribution in [0.2, 0.25) is 0 Å². The van der Waals surface area contributed by atoms with E-state index in [0.717, 1.165) is 12.8 Å². The zero-order chi connectivity index (χ0) is 13.8. The Hall–Kier alpha value is -1.88. The molecule has 0 fully saturated rings. The van der Waals surface area contributed by atoms with Gasteiger partial charge >= 0.3 is 5.97 Å². The van der Waals surface area contributed by atoms with Crippen molar-refractivity contribution in [1.82, 2.24) is 5.32 Å². The van der Waals surface area contributed by atoms with Gasteiger partial charge in [-0.25, -0.2) is 0 Å². The molecule has 19 heavy (non-hydrogen) atoms. The highest BCUT2D eigenvalue weighted by Crippen LogP contribution is 2.30. The van der Waals surface area contributed by atoms with Gasteiger partial charge in [-0.2, -0.15) is 0 Å². The molecule has 2 rings (SSSR count). The lowest BCUT2D eigenvalue weighted by Crippen LogP contribution is -2.33. The van der Waals surface area contributed by atoms with E-state index in [1.807, 2.05) is 18.2 Å². The van der Waals surface area contributed by atoms with Gasteiger partial charge in [-0.15, -0.1) is 0 Å². The summed E-state index contributed by atoms with van der Waals surface area (Å²) in [4.78, 5) is 22.3. The summed E-state index contributed by atoms with van der Waals surface area (Å²) in [6.45, 7) is 0. The standard InChI is InChI=1S/C14H18N2O3/c15-11(14(18)19)6-8-13(17)16-12-7-5-9-3-1-2-4-10(9)12/h1-4,11-12H,5-8,15H2,(H,16,17)(H,18,19)/t11-,12?/m0/s1. The molecule has 0 aromatic heterocycles. The van der Waals surface area contributed by atoms with Gasteiger partial charge in [0.25, 0.3) is 0 Å². The van der Waals surface area contributed by atoms with Gasteiger partial charge in [-0.1, -0.05) is 24.3 Å². The van der Waals surface area contributed by atoms with Crippen LogP contribution in [0.1, 0.15) is 36.4 Å². The number of hydrogen-bond acceptors (Lipinski definition) is 3. The van der Waals surface area contributed by atoms with Crippen LogP contribution in [0.3, 0.4) is 0 Å². The molecule has 5 nitrogen and oxygen atoms in total. The van der Waals surface area contributed by atoms with E-state index in [2.05, 4.69) is 11.4 Å². The van der Waals surface area contributed by atoms with Gasteiger partial charge in [0.05, 0.1) is 6.04 Å². The van der Waals surface area contributed by atoms with Gasteiger partial charge in [-0.05, 0) is 30.4 Å². The number of rotatable bonds is 5. The summed E-state index contributed by atoms with van der Waals surface area (Å²) in [6, 6.07) is 7.13. The van der Waals surface area contributed by atoms with Crippen molar-refractivity contribution in [3.63, 3.8) is 0 Å². The first kappa shape index (κ1) is 13.5. The zero-order valence-electron chi connectivity index (χ0n) is 10.6. The maximum absolute atomic E-state index is 11.8. The highest BCUT2D eigenvalue weighted by atomic mass is 16.4. The SMILES string of the molecule is N[C@@H](CCC(=O)NC1CCc2ccccc21)C(=O)O. The minimum Gasteiger partial charge on any atom is -0.480 e. The third-order valence-corrected chi connectivity index (χ3v) is 3.47. The van der Waals surface area contributed by atoms with E-state index in [9.17, 15) is 9.59 Å². The van der Waals surface area contributed by atoms with Crippen molar-refractivity contribution in [3.05, 3.63) is 35.4 Å². The number of aryl methyl sites for hydroxylation is 1. The van der Waals surface area contributed by atoms with Crippen LogP contribution in [-0.4, -0.2) is 23.0 Å². The van der Waals surface area contributed by atoms with Gasteiger partial charge in [0.2, 0.25) is 5.91 Å². The van der Waals surface area contributed by atoms with Crippen molar-refractivity contribution >= 4 is 11.9 Å². The molecule has 0 saturated carbocycles. The molecule has 1 unspecified atom stereocenters. The van der Waals surface area contributed by atoms with Crippen LogP contribution in [-0.2, 0) is 16.0 Å². The van der Waals surface area contributed by atoms with Gasteiger partial charge in [-0.3, -0.25) is 9.59 Å². The van der Waals surface area contributed by atoms with Crippen LogP contribution in [0, 0.1) is 0 Å². The van der Waals surface area contributed by atoms with Gasteiger partial charge in [0.15, 0.2) is 0 Å². The Labute approximate surface area is 111 Å². The number of benzene rings is 1. The number of carbonyl (C=O) groups excluding carboxylic acids is 1. The van der Waals surface area contributed by atoms with E-state index in [-0.39, 0.29) is 24.8 Å². The van der Waals surface area contributed by atoms with E-state index < -0.39 is 12.0 Å². The first-order valence-electron chi connectivity index (χ1n) is 6.43. The van der Waals surface area contributed by atoms with E-state index in [1.54, 1.807) is 0 Å². The molecule has 4 N–H and O–H groups in total. The molecule has 1 aromatic rings. The van der Waals surface area contributed by atoms with Crippen molar-refractivity contribution in [1.29, 1.82) is 0 Å². The maximum Gasteiger partial charge on any atom is 0.320 e. The number of nitrogens with two attached hydrogens (primary N) is 1. The highest BCUT2D eigenvalue weighted by molar-refractivity contribution is 5.78. The molecule has 1 amide bonds. The first-order chi connectivity index (χ1) is 9.08. The average molecular weight is 262 g/mol. The predicted octanol–water partition coefficient (Wildman–Crippen LogP) is 0.982. The predicted molar refractivity (Wildman–Crippen MR) is 70.5 cm³/mol. The van der Waals surface area contributed by atoms with Crippen molar-refractivity contribution in [2.75, 3.05) is 0 Å². The number of nitrogens with one attached hydrogen (secondary N) is 1. The van der Waals surface area contributed by atoms with Crippen LogP contribution in [0.25, 0.3) is 0 Å². The third kappa shape index (κ3) is 3.32. The lowest BCUT2D eigenvalue weighted by atomic mass is 10.1. The Kier molecular flexibility index (Phi) is 4.16. The van der Waals surface area contributed by atoms with Gasteiger partial charge in [0, 0.05) is 6.42 Å². The van der Waals surface area contributed by atoms with E-state index in [0.29, 0.717) is 0 Å². The summed E-state index contributed by atoms with van der Waals surface area (Å²) < 4.78 is 0. The van der Waals surface area contributed by atoms with Crippen LogP contribution in [0.15, 0.2) is 24.3 Å². The Balaban J connectivity index is 1.86. The molecule has 0 heterocycles. The monoisotopic (exact) mass is 262 g/mol. The van der Waals surface area contributed by atoms with Gasteiger partial charge in [0.1, 0.15) is 6.04 Å². The van der Waals surface area contributed by atoms with Crippen LogP contribution in [0.4, 0.5) is 0 Å². The highest BCUT2D eigenvalue weighted by Gasteiger charge is 2.23. The summed E-state index contributed by atoms with van der Waals surface area (Å²) in [5.41, 5.74) is 7.81. The second-order valence-corrected chi connectivity index (χ2v) is 4.84. The van der Waals surface area contributed by atoms with Crippen molar-refractivity contribution in [2.24, 2.45) is 5.73 Å². The summed E-state index contributed by atoms with van der Waals surface area (Å²) >= 11 is 0. The second kappa shape index (κ2) is 5.84. The van der Waals surface area contributed by atoms with Crippen LogP contribution < -0.4 is 11.1 Å². The topological polar surface area (TPSA) is 92.4 Å². The van der Waals surface area contributed by atoms with Crippen molar-refractivity contribution < 1.29 is 14.7 Å². The maximum atomic E-state index is 11.8. The molecule has 2 atom stereocenters. The number of aliphatic carboxylic acids is 1. The molecule has 0 spiro atoms. The summed E-state index contributed by atoms with van der Waals surface area (Å²) in [6.07, 6.45) is 2.17. The molecule has 0 radical (unpaired) electrons. The Morgan fingerprint density at radius 1 is 1.42 bits per heavy atom. The smallest absolute Gasteiger partial charge is 0.320 e. The zero-order valence-corrected chi connectivity index (χ0v) is 10.6. The molecular weight excluding hydrogens is 244 g/mol. The number of carboxylic acids is 1. The van der Waals surface area contributed by atoms with E-state index in [4.69, 9.17) is 10.8 Å². The Morgan fingerprint density at radius 3 is 2.89 bits per heavy atom. The van der Waals surface area contributed by atoms with E-state index in [1.165, 1.54) is 11.1 Å². The first-order valence-corrected chi connectivity index (χ1v) is 6.43. The summed E-state index contributed by atoms with van der Waals surface area (Å²) in [5, 5.41) is 11.6. The summed E-state index contributed by atoms with van der Waals surface area (Å²) in [7, 11) is 0. The molecular formula is C14H18N2O3. The fourth-order valence-corrected chi connectivity index (χ4v) is 2.38. The fraction of sp³-hybridized carbons (Fsp3) is 0.429. The van der Waals surface area contributed by atoms with Crippen molar-refractivity contribution in [2.45, 2.75) is 37.8 Å². The third-order valence-electron chi connectivity index (χ3n) is 3.47. The second-order valence-electron chi connectivity index (χ2n) is 4.84. The quantitative estimate of drug-likeness (QED) is 0.737. The number of hydrogen-bond donors (Lipinski definition) is 3. The molecule has 1 aromatic carbocycles. The largest absolute Gasteiger partial charge is 0.480 e. The number of amides is 1. The van der Waals surface area contributed by atoms with Crippen LogP contribution >= 0.6 is 0 Å². The minimum absolute atomic E-state index is 0.0461. The van der Waals surface area contributed by atoms with Crippen molar-refractivity contribution in [3.8, 4) is 0 Å². The molecule has 0 bridgehead atoms. The van der Waals surface area contributed by atoms with E-state index >= 15 is 0 Å². The van der Waals surface area contributed by atoms with Gasteiger partial charge < -0.3 is 16.2 Å². The Morgan fingerprint density at radius 2 is 2.16 bits per heavy atom. The number of carboxylic acid groups (broad SMARTS) is 1. The fourth-order valence-electron chi connectivity index (χ4n) is 2.38.